The lowest BCUT2D eigenvalue weighted by Gasteiger charge is -2.13. The van der Waals surface area contributed by atoms with Gasteiger partial charge in [0, 0.05) is 10.9 Å². The number of nitrogens with two attached hydrogens (primary N) is 1. The van der Waals surface area contributed by atoms with Crippen LogP contribution in [0.3, 0.4) is 0 Å². The lowest BCUT2D eigenvalue weighted by molar-refractivity contribution is 0.702. The van der Waals surface area contributed by atoms with E-state index in [-0.39, 0.29) is 12.0 Å². The van der Waals surface area contributed by atoms with Crippen LogP contribution in [0.25, 0.3) is 0 Å². The molecule has 0 fully saturated rings. The fourth-order valence-electron chi connectivity index (χ4n) is 1.70. The first-order chi connectivity index (χ1) is 9.02. The molecule has 1 atom stereocenters. The SMILES string of the molecule is Cc1nc(N)nc(NC(C)CCc2ccc(Cl)s2)n1. The minimum Gasteiger partial charge on any atom is -0.368 e. The highest BCUT2D eigenvalue weighted by Crippen LogP contribution is 2.23. The molecule has 3 N–H and O–H groups in total. The Kier molecular flexibility index (Phi) is 4.55. The number of halogens is 1. The number of nitrogens with zero attached hydrogens (tertiary/aromatic N) is 3. The highest BCUT2D eigenvalue weighted by atomic mass is 35.5. The van der Waals surface area contributed by atoms with Gasteiger partial charge in [0.25, 0.3) is 0 Å². The average Bonchev–Trinajstić information content (AvgIpc) is 2.71. The molecule has 5 nitrogen and oxygen atoms in total. The van der Waals surface area contributed by atoms with Crippen molar-refractivity contribution in [1.82, 2.24) is 15.0 Å². The van der Waals surface area contributed by atoms with Gasteiger partial charge < -0.3 is 11.1 Å². The molecule has 102 valence electrons. The molecule has 0 saturated carbocycles. The lowest BCUT2D eigenvalue weighted by atomic mass is 10.1. The zero-order valence-electron chi connectivity index (χ0n) is 10.9. The second kappa shape index (κ2) is 6.16. The van der Waals surface area contributed by atoms with Crippen LogP contribution in [-0.2, 0) is 6.42 Å². The summed E-state index contributed by atoms with van der Waals surface area (Å²) in [5, 5.41) is 3.23. The van der Waals surface area contributed by atoms with Crippen LogP contribution in [0.4, 0.5) is 11.9 Å². The maximum atomic E-state index is 5.90. The van der Waals surface area contributed by atoms with E-state index in [1.54, 1.807) is 18.3 Å². The molecule has 19 heavy (non-hydrogen) atoms. The molecule has 0 spiro atoms. The number of hydrogen-bond acceptors (Lipinski definition) is 6. The van der Waals surface area contributed by atoms with E-state index in [1.165, 1.54) is 4.88 Å². The zero-order valence-corrected chi connectivity index (χ0v) is 12.4. The van der Waals surface area contributed by atoms with Crippen molar-refractivity contribution in [3.63, 3.8) is 0 Å². The summed E-state index contributed by atoms with van der Waals surface area (Å²) in [4.78, 5) is 13.5. The van der Waals surface area contributed by atoms with Gasteiger partial charge in [-0.05, 0) is 38.8 Å². The molecular weight excluding hydrogens is 282 g/mol. The van der Waals surface area contributed by atoms with E-state index in [4.69, 9.17) is 17.3 Å². The summed E-state index contributed by atoms with van der Waals surface area (Å²) in [5.41, 5.74) is 5.59. The van der Waals surface area contributed by atoms with Crippen LogP contribution in [0.15, 0.2) is 12.1 Å². The van der Waals surface area contributed by atoms with Crippen LogP contribution in [0, 0.1) is 6.92 Å². The second-order valence-electron chi connectivity index (χ2n) is 4.35. The smallest absolute Gasteiger partial charge is 0.227 e. The van der Waals surface area contributed by atoms with Crippen molar-refractivity contribution in [3.8, 4) is 0 Å². The Morgan fingerprint density at radius 3 is 2.79 bits per heavy atom. The molecule has 0 aliphatic carbocycles. The molecule has 0 saturated heterocycles. The molecule has 2 rings (SSSR count). The van der Waals surface area contributed by atoms with Gasteiger partial charge in [-0.1, -0.05) is 11.6 Å². The highest BCUT2D eigenvalue weighted by molar-refractivity contribution is 7.16. The highest BCUT2D eigenvalue weighted by Gasteiger charge is 2.07. The number of nitrogen functional groups attached to an aromatic ring is 1. The number of hydrogen-bond donors (Lipinski definition) is 2. The third-order valence-corrected chi connectivity index (χ3v) is 3.88. The fraction of sp³-hybridized carbons (Fsp3) is 0.417. The van der Waals surface area contributed by atoms with Gasteiger partial charge in [-0.15, -0.1) is 11.3 Å². The number of rotatable bonds is 5. The molecule has 0 amide bonds. The third-order valence-electron chi connectivity index (χ3n) is 2.59. The molecule has 0 radical (unpaired) electrons. The molecule has 0 aliphatic rings. The first-order valence-corrected chi connectivity index (χ1v) is 7.21. The van der Waals surface area contributed by atoms with Crippen molar-refractivity contribution < 1.29 is 0 Å². The van der Waals surface area contributed by atoms with Crippen LogP contribution in [0.5, 0.6) is 0 Å². The van der Waals surface area contributed by atoms with Crippen LogP contribution < -0.4 is 11.1 Å². The Balaban J connectivity index is 1.88. The van der Waals surface area contributed by atoms with E-state index in [0.29, 0.717) is 11.8 Å². The first kappa shape index (κ1) is 14.0. The van der Waals surface area contributed by atoms with Gasteiger partial charge in [-0.3, -0.25) is 0 Å². The van der Waals surface area contributed by atoms with Crippen LogP contribution in [0.2, 0.25) is 4.34 Å². The number of anilines is 2. The molecule has 0 aromatic carbocycles. The van der Waals surface area contributed by atoms with Gasteiger partial charge in [0.2, 0.25) is 11.9 Å². The number of nitrogens with one attached hydrogen (secondary N) is 1. The molecule has 2 heterocycles. The minimum atomic E-state index is 0.243. The second-order valence-corrected chi connectivity index (χ2v) is 6.15. The van der Waals surface area contributed by atoms with Gasteiger partial charge in [0.05, 0.1) is 4.34 Å². The summed E-state index contributed by atoms with van der Waals surface area (Å²) in [5.74, 6) is 1.39. The maximum absolute atomic E-state index is 5.90. The third kappa shape index (κ3) is 4.33. The number of aromatic nitrogens is 3. The Morgan fingerprint density at radius 1 is 1.37 bits per heavy atom. The van der Waals surface area contributed by atoms with Gasteiger partial charge in [0.1, 0.15) is 5.82 Å². The standard InChI is InChI=1S/C12H16ClN5S/c1-7(3-4-9-5-6-10(13)19-9)15-12-17-8(2)16-11(14)18-12/h5-7H,3-4H2,1-2H3,(H3,14,15,16,17,18). The van der Waals surface area contributed by atoms with Crippen LogP contribution >= 0.6 is 22.9 Å². The molecule has 0 bridgehead atoms. The summed E-state index contributed by atoms with van der Waals surface area (Å²) in [6.07, 6.45) is 1.95. The number of aryl methyl sites for hydroxylation is 2. The van der Waals surface area contributed by atoms with Gasteiger partial charge >= 0.3 is 0 Å². The molecule has 1 unspecified atom stereocenters. The summed E-state index contributed by atoms with van der Waals surface area (Å²) in [6.45, 7) is 3.88. The average molecular weight is 298 g/mol. The molecular formula is C12H16ClN5S. The van der Waals surface area contributed by atoms with Crippen LogP contribution in [0.1, 0.15) is 24.0 Å². The monoisotopic (exact) mass is 297 g/mol. The molecule has 2 aromatic rings. The molecule has 7 heteroatoms. The van der Waals surface area contributed by atoms with E-state index in [1.807, 2.05) is 6.07 Å². The van der Waals surface area contributed by atoms with Crippen molar-refractivity contribution in [3.05, 3.63) is 27.2 Å². The fourth-order valence-corrected chi connectivity index (χ4v) is 2.81. The van der Waals surface area contributed by atoms with Crippen molar-refractivity contribution in [2.24, 2.45) is 0 Å². The van der Waals surface area contributed by atoms with Gasteiger partial charge in [-0.25, -0.2) is 0 Å². The summed E-state index contributed by atoms with van der Waals surface area (Å²) >= 11 is 7.52. The van der Waals surface area contributed by atoms with E-state index in [9.17, 15) is 0 Å². The topological polar surface area (TPSA) is 76.7 Å². The first-order valence-electron chi connectivity index (χ1n) is 6.02. The maximum Gasteiger partial charge on any atom is 0.227 e. The molecule has 2 aromatic heterocycles. The quantitative estimate of drug-likeness (QED) is 0.887. The Labute approximate surface area is 121 Å². The van der Waals surface area contributed by atoms with Crippen molar-refractivity contribution in [1.29, 1.82) is 0 Å². The summed E-state index contributed by atoms with van der Waals surface area (Å²) in [7, 11) is 0. The van der Waals surface area contributed by atoms with E-state index < -0.39 is 0 Å². The van der Waals surface area contributed by atoms with E-state index in [0.717, 1.165) is 17.2 Å². The van der Waals surface area contributed by atoms with Crippen molar-refractivity contribution in [2.75, 3.05) is 11.1 Å². The van der Waals surface area contributed by atoms with Gasteiger partial charge in [-0.2, -0.15) is 15.0 Å². The number of thiophene rings is 1. The van der Waals surface area contributed by atoms with Gasteiger partial charge in [0.15, 0.2) is 0 Å². The normalized spacial score (nSPS) is 12.4. The summed E-state index contributed by atoms with van der Waals surface area (Å²) in [6, 6.07) is 4.24. The largest absolute Gasteiger partial charge is 0.368 e. The van der Waals surface area contributed by atoms with E-state index >= 15 is 0 Å². The van der Waals surface area contributed by atoms with Crippen molar-refractivity contribution >= 4 is 34.8 Å². The Bertz CT molecular complexity index is 537. The van der Waals surface area contributed by atoms with Crippen LogP contribution in [-0.4, -0.2) is 21.0 Å². The Morgan fingerprint density at radius 2 is 2.16 bits per heavy atom. The predicted octanol–water partition coefficient (Wildman–Crippen LogP) is 2.91. The zero-order chi connectivity index (χ0) is 13.8. The van der Waals surface area contributed by atoms with Crippen molar-refractivity contribution in [2.45, 2.75) is 32.7 Å². The molecule has 0 aliphatic heterocycles. The predicted molar refractivity (Wildman–Crippen MR) is 79.7 cm³/mol. The lowest BCUT2D eigenvalue weighted by Crippen LogP contribution is -2.19. The summed E-state index contributed by atoms with van der Waals surface area (Å²) < 4.78 is 0.830. The minimum absolute atomic E-state index is 0.243. The Hall–Kier alpha value is -1.40. The van der Waals surface area contributed by atoms with E-state index in [2.05, 4.69) is 33.3 Å².